The Labute approximate surface area is 114 Å². The van der Waals surface area contributed by atoms with Crippen LogP contribution in [0.25, 0.3) is 11.1 Å². The number of hydrogen-bond donors (Lipinski definition) is 1. The third-order valence-corrected chi connectivity index (χ3v) is 4.27. The molecule has 4 heteroatoms. The lowest BCUT2D eigenvalue weighted by molar-refractivity contribution is 1.17. The molecule has 0 amide bonds. The maximum Gasteiger partial charge on any atom is 0.182 e. The molecule has 3 rings (SSSR count). The molecule has 2 heterocycles. The highest BCUT2D eigenvalue weighted by atomic mass is 32.1. The van der Waals surface area contributed by atoms with Gasteiger partial charge in [-0.15, -0.1) is 22.7 Å². The summed E-state index contributed by atoms with van der Waals surface area (Å²) < 4.78 is 0. The molecule has 2 nitrogen and oxygen atoms in total. The number of nitrogens with zero attached hydrogens (tertiary/aromatic N) is 1. The minimum absolute atomic E-state index is 0.838. The Balaban J connectivity index is 1.70. The first-order valence-corrected chi connectivity index (χ1v) is 7.44. The van der Waals surface area contributed by atoms with Crippen molar-refractivity contribution in [2.45, 2.75) is 6.54 Å². The van der Waals surface area contributed by atoms with E-state index in [4.69, 9.17) is 0 Å². The topological polar surface area (TPSA) is 24.9 Å². The maximum atomic E-state index is 4.21. The Morgan fingerprint density at radius 1 is 1.06 bits per heavy atom. The average molecular weight is 272 g/mol. The molecule has 0 saturated carbocycles. The van der Waals surface area contributed by atoms with Crippen LogP contribution in [0.2, 0.25) is 0 Å². The Morgan fingerprint density at radius 2 is 1.94 bits per heavy atom. The van der Waals surface area contributed by atoms with E-state index >= 15 is 0 Å². The second-order valence-electron chi connectivity index (χ2n) is 3.86. The van der Waals surface area contributed by atoms with Crippen molar-refractivity contribution in [3.63, 3.8) is 0 Å². The van der Waals surface area contributed by atoms with Crippen LogP contribution in [0.1, 0.15) is 4.88 Å². The van der Waals surface area contributed by atoms with Gasteiger partial charge in [0.05, 0.1) is 6.54 Å². The summed E-state index contributed by atoms with van der Waals surface area (Å²) in [5, 5.41) is 8.48. The highest BCUT2D eigenvalue weighted by Crippen LogP contribution is 2.26. The summed E-state index contributed by atoms with van der Waals surface area (Å²) in [6.45, 7) is 0.838. The van der Waals surface area contributed by atoms with Crippen molar-refractivity contribution in [1.82, 2.24) is 4.98 Å². The molecule has 2 aromatic heterocycles. The molecule has 0 saturated heterocycles. The highest BCUT2D eigenvalue weighted by Gasteiger charge is 2.02. The fraction of sp³-hybridized carbons (Fsp3) is 0.0714. The number of anilines is 1. The van der Waals surface area contributed by atoms with Crippen molar-refractivity contribution >= 4 is 27.8 Å². The van der Waals surface area contributed by atoms with Gasteiger partial charge in [-0.25, -0.2) is 4.98 Å². The molecule has 0 aliphatic rings. The van der Waals surface area contributed by atoms with Crippen LogP contribution in [0.3, 0.4) is 0 Å². The molecule has 0 bridgehead atoms. The zero-order chi connectivity index (χ0) is 12.2. The van der Waals surface area contributed by atoms with Crippen molar-refractivity contribution in [2.24, 2.45) is 0 Å². The Hall–Kier alpha value is -1.65. The fourth-order valence-corrected chi connectivity index (χ4v) is 3.09. The molecular weight excluding hydrogens is 260 g/mol. The summed E-state index contributed by atoms with van der Waals surface area (Å²) in [5.74, 6) is 0. The van der Waals surface area contributed by atoms with E-state index in [1.807, 2.05) is 17.6 Å². The largest absolute Gasteiger partial charge is 0.357 e. The van der Waals surface area contributed by atoms with Crippen molar-refractivity contribution in [2.75, 3.05) is 5.32 Å². The predicted octanol–water partition coefficient (Wildman–Crippen LogP) is 4.48. The smallest absolute Gasteiger partial charge is 0.182 e. The minimum atomic E-state index is 0.838. The van der Waals surface area contributed by atoms with E-state index in [9.17, 15) is 0 Å². The highest BCUT2D eigenvalue weighted by molar-refractivity contribution is 7.13. The molecule has 1 N–H and O–H groups in total. The van der Waals surface area contributed by atoms with Gasteiger partial charge in [0.25, 0.3) is 0 Å². The van der Waals surface area contributed by atoms with Crippen molar-refractivity contribution < 1.29 is 0 Å². The van der Waals surface area contributed by atoms with Crippen LogP contribution in [0.5, 0.6) is 0 Å². The first-order chi connectivity index (χ1) is 8.92. The number of nitrogens with one attached hydrogen (secondary N) is 1. The Bertz CT molecular complexity index is 600. The van der Waals surface area contributed by atoms with Gasteiger partial charge in [-0.1, -0.05) is 30.3 Å². The summed E-state index contributed by atoms with van der Waals surface area (Å²) in [4.78, 5) is 5.53. The number of aromatic nitrogens is 1. The molecule has 90 valence electrons. The van der Waals surface area contributed by atoms with Crippen LogP contribution in [0.15, 0.2) is 53.4 Å². The van der Waals surface area contributed by atoms with E-state index in [1.54, 1.807) is 22.7 Å². The Kier molecular flexibility index (Phi) is 3.39. The maximum absolute atomic E-state index is 4.21. The summed E-state index contributed by atoms with van der Waals surface area (Å²) in [6.07, 6.45) is 1.82. The van der Waals surface area contributed by atoms with Gasteiger partial charge < -0.3 is 5.32 Å². The van der Waals surface area contributed by atoms with Gasteiger partial charge in [-0.2, -0.15) is 0 Å². The second-order valence-corrected chi connectivity index (χ2v) is 5.75. The number of thiazole rings is 1. The summed E-state index contributed by atoms with van der Waals surface area (Å²) in [6, 6.07) is 12.7. The van der Waals surface area contributed by atoms with E-state index in [-0.39, 0.29) is 0 Å². The zero-order valence-electron chi connectivity index (χ0n) is 9.67. The van der Waals surface area contributed by atoms with Gasteiger partial charge in [0.2, 0.25) is 0 Å². The van der Waals surface area contributed by atoms with Gasteiger partial charge >= 0.3 is 0 Å². The van der Waals surface area contributed by atoms with E-state index in [2.05, 4.69) is 46.0 Å². The number of rotatable bonds is 4. The van der Waals surface area contributed by atoms with E-state index in [0.717, 1.165) is 11.7 Å². The van der Waals surface area contributed by atoms with E-state index in [0.29, 0.717) is 0 Å². The number of benzene rings is 1. The number of hydrogen-bond acceptors (Lipinski definition) is 4. The molecular formula is C14H12N2S2. The summed E-state index contributed by atoms with van der Waals surface area (Å²) >= 11 is 3.41. The first kappa shape index (κ1) is 11.4. The van der Waals surface area contributed by atoms with Gasteiger partial charge in [-0.05, 0) is 22.6 Å². The van der Waals surface area contributed by atoms with E-state index in [1.165, 1.54) is 16.0 Å². The lowest BCUT2D eigenvalue weighted by Gasteiger charge is -1.99. The van der Waals surface area contributed by atoms with Crippen molar-refractivity contribution in [1.29, 1.82) is 0 Å². The van der Waals surface area contributed by atoms with Gasteiger partial charge in [-0.3, -0.25) is 0 Å². The third kappa shape index (κ3) is 2.60. The van der Waals surface area contributed by atoms with Crippen LogP contribution in [0.4, 0.5) is 5.13 Å². The summed E-state index contributed by atoms with van der Waals surface area (Å²) in [7, 11) is 0. The van der Waals surface area contributed by atoms with Crippen molar-refractivity contribution in [3.05, 3.63) is 58.2 Å². The molecule has 0 aliphatic carbocycles. The summed E-state index contributed by atoms with van der Waals surface area (Å²) in [5.41, 5.74) is 2.56. The van der Waals surface area contributed by atoms with Crippen LogP contribution in [-0.2, 0) is 6.54 Å². The third-order valence-electron chi connectivity index (χ3n) is 2.61. The second kappa shape index (κ2) is 5.33. The lowest BCUT2D eigenvalue weighted by Crippen LogP contribution is -1.95. The average Bonchev–Trinajstić information content (AvgIpc) is 3.09. The van der Waals surface area contributed by atoms with Gasteiger partial charge in [0.1, 0.15) is 0 Å². The molecule has 0 fully saturated rings. The monoisotopic (exact) mass is 272 g/mol. The predicted molar refractivity (Wildman–Crippen MR) is 79.2 cm³/mol. The van der Waals surface area contributed by atoms with Crippen LogP contribution in [-0.4, -0.2) is 4.98 Å². The SMILES string of the molecule is c1ccc(-c2csc(CNc3nccs3)c2)cc1. The minimum Gasteiger partial charge on any atom is -0.357 e. The van der Waals surface area contributed by atoms with Gasteiger partial charge in [0, 0.05) is 16.5 Å². The molecule has 1 aromatic carbocycles. The molecule has 0 unspecified atom stereocenters. The first-order valence-electron chi connectivity index (χ1n) is 5.68. The fourth-order valence-electron chi connectivity index (χ4n) is 1.73. The Morgan fingerprint density at radius 3 is 2.72 bits per heavy atom. The van der Waals surface area contributed by atoms with Crippen LogP contribution < -0.4 is 5.32 Å². The molecule has 0 atom stereocenters. The van der Waals surface area contributed by atoms with Crippen molar-refractivity contribution in [3.8, 4) is 11.1 Å². The van der Waals surface area contributed by atoms with E-state index < -0.39 is 0 Å². The zero-order valence-corrected chi connectivity index (χ0v) is 11.3. The lowest BCUT2D eigenvalue weighted by atomic mass is 10.1. The molecule has 3 aromatic rings. The molecule has 0 aliphatic heterocycles. The standard InChI is InChI=1S/C14H12N2S2/c1-2-4-11(5-3-1)12-8-13(18-10-12)9-16-14-15-6-7-17-14/h1-8,10H,9H2,(H,15,16). The quantitative estimate of drug-likeness (QED) is 0.757. The van der Waals surface area contributed by atoms with Gasteiger partial charge in [0.15, 0.2) is 5.13 Å². The number of thiophene rings is 1. The normalized spacial score (nSPS) is 10.4. The van der Waals surface area contributed by atoms with Crippen LogP contribution in [0, 0.1) is 0 Å². The van der Waals surface area contributed by atoms with Crippen LogP contribution >= 0.6 is 22.7 Å². The molecule has 18 heavy (non-hydrogen) atoms. The molecule has 0 spiro atoms. The molecule has 0 radical (unpaired) electrons.